The van der Waals surface area contributed by atoms with Crippen LogP contribution in [0.3, 0.4) is 0 Å². The van der Waals surface area contributed by atoms with Crippen LogP contribution in [0.2, 0.25) is 0 Å². The van der Waals surface area contributed by atoms with E-state index >= 15 is 0 Å². The summed E-state index contributed by atoms with van der Waals surface area (Å²) in [6, 6.07) is 8.44. The van der Waals surface area contributed by atoms with Crippen molar-refractivity contribution in [3.63, 3.8) is 0 Å². The molecule has 5 nitrogen and oxygen atoms in total. The van der Waals surface area contributed by atoms with Crippen molar-refractivity contribution >= 4 is 12.0 Å². The lowest BCUT2D eigenvalue weighted by atomic mass is 10.1. The third kappa shape index (κ3) is 4.80. The van der Waals surface area contributed by atoms with Crippen molar-refractivity contribution in [1.82, 2.24) is 15.1 Å². The summed E-state index contributed by atoms with van der Waals surface area (Å²) in [4.78, 5) is 11.8. The van der Waals surface area contributed by atoms with Crippen LogP contribution in [0, 0.1) is 20.8 Å². The molecule has 0 aliphatic heterocycles. The molecule has 0 bridgehead atoms. The summed E-state index contributed by atoms with van der Waals surface area (Å²) in [5.74, 6) is -0.128. The number of methoxy groups -OCH3 is 1. The smallest absolute Gasteiger partial charge is 0.244 e. The van der Waals surface area contributed by atoms with Gasteiger partial charge >= 0.3 is 0 Å². The maximum absolute atomic E-state index is 11.8. The molecule has 5 heteroatoms. The number of benzene rings is 1. The summed E-state index contributed by atoms with van der Waals surface area (Å²) in [5, 5.41) is 7.36. The Morgan fingerprint density at radius 1 is 1.25 bits per heavy atom. The second-order valence-corrected chi connectivity index (χ2v) is 5.84. The first-order valence-corrected chi connectivity index (χ1v) is 8.05. The van der Waals surface area contributed by atoms with Crippen LogP contribution in [0.1, 0.15) is 28.1 Å². The van der Waals surface area contributed by atoms with Gasteiger partial charge in [-0.15, -0.1) is 0 Å². The van der Waals surface area contributed by atoms with Gasteiger partial charge < -0.3 is 10.1 Å². The van der Waals surface area contributed by atoms with E-state index in [1.807, 2.05) is 24.6 Å². The summed E-state index contributed by atoms with van der Waals surface area (Å²) in [6.45, 7) is 7.79. The average molecular weight is 327 g/mol. The SMILES string of the molecule is COCCNC(=O)/C=C/c1c(C)nn(Cc2ccc(C)cc2)c1C. The van der Waals surface area contributed by atoms with E-state index in [9.17, 15) is 4.79 Å². The van der Waals surface area contributed by atoms with Crippen LogP contribution in [0.25, 0.3) is 6.08 Å². The van der Waals surface area contributed by atoms with E-state index in [2.05, 4.69) is 41.6 Å². The zero-order valence-corrected chi connectivity index (χ0v) is 14.8. The molecule has 2 rings (SSSR count). The van der Waals surface area contributed by atoms with Gasteiger partial charge in [0.1, 0.15) is 0 Å². The molecule has 0 radical (unpaired) electrons. The van der Waals surface area contributed by atoms with Gasteiger partial charge in [0.15, 0.2) is 0 Å². The lowest BCUT2D eigenvalue weighted by Crippen LogP contribution is -2.24. The second kappa shape index (κ2) is 8.45. The molecule has 0 saturated carbocycles. The molecule has 1 aromatic carbocycles. The summed E-state index contributed by atoms with van der Waals surface area (Å²) < 4.78 is 6.88. The molecule has 1 N–H and O–H groups in total. The van der Waals surface area contributed by atoms with Gasteiger partial charge in [-0.05, 0) is 32.4 Å². The van der Waals surface area contributed by atoms with E-state index in [1.54, 1.807) is 13.2 Å². The lowest BCUT2D eigenvalue weighted by molar-refractivity contribution is -0.116. The van der Waals surface area contributed by atoms with Gasteiger partial charge in [-0.3, -0.25) is 9.48 Å². The van der Waals surface area contributed by atoms with E-state index in [4.69, 9.17) is 4.74 Å². The van der Waals surface area contributed by atoms with E-state index in [-0.39, 0.29) is 5.91 Å². The van der Waals surface area contributed by atoms with Crippen LogP contribution in [-0.4, -0.2) is 35.9 Å². The van der Waals surface area contributed by atoms with Crippen LogP contribution < -0.4 is 5.32 Å². The summed E-state index contributed by atoms with van der Waals surface area (Å²) in [6.07, 6.45) is 3.37. The minimum absolute atomic E-state index is 0.128. The third-order valence-electron chi connectivity index (χ3n) is 3.90. The van der Waals surface area contributed by atoms with E-state index < -0.39 is 0 Å². The normalized spacial score (nSPS) is 11.2. The molecule has 0 unspecified atom stereocenters. The molecule has 1 aromatic heterocycles. The first-order chi connectivity index (χ1) is 11.5. The van der Waals surface area contributed by atoms with E-state index in [0.29, 0.717) is 13.2 Å². The molecule has 0 fully saturated rings. The molecule has 128 valence electrons. The van der Waals surface area contributed by atoms with Gasteiger partial charge in [0.2, 0.25) is 5.91 Å². The molecule has 0 saturated heterocycles. The molecule has 1 amide bonds. The van der Waals surface area contributed by atoms with Crippen LogP contribution in [0.4, 0.5) is 0 Å². The summed E-state index contributed by atoms with van der Waals surface area (Å²) in [7, 11) is 1.61. The molecule has 2 aromatic rings. The predicted molar refractivity (Wildman–Crippen MR) is 95.9 cm³/mol. The molecule has 0 spiro atoms. The van der Waals surface area contributed by atoms with Gasteiger partial charge in [0, 0.05) is 31.0 Å². The van der Waals surface area contributed by atoms with Gasteiger partial charge in [-0.2, -0.15) is 5.10 Å². The van der Waals surface area contributed by atoms with E-state index in [0.717, 1.165) is 23.5 Å². The minimum atomic E-state index is -0.128. The summed E-state index contributed by atoms with van der Waals surface area (Å²) >= 11 is 0. The van der Waals surface area contributed by atoms with E-state index in [1.165, 1.54) is 11.1 Å². The fourth-order valence-electron chi connectivity index (χ4n) is 2.47. The Kier molecular flexibility index (Phi) is 6.32. The molecular formula is C19H25N3O2. The van der Waals surface area contributed by atoms with Crippen LogP contribution in [0.15, 0.2) is 30.3 Å². The number of hydrogen-bond donors (Lipinski definition) is 1. The summed E-state index contributed by atoms with van der Waals surface area (Å²) in [5.41, 5.74) is 5.41. The number of nitrogens with zero attached hydrogens (tertiary/aromatic N) is 2. The molecule has 24 heavy (non-hydrogen) atoms. The molecule has 0 aliphatic rings. The number of carbonyl (C=O) groups is 1. The van der Waals surface area contributed by atoms with Crippen molar-refractivity contribution < 1.29 is 9.53 Å². The third-order valence-corrected chi connectivity index (χ3v) is 3.90. The van der Waals surface area contributed by atoms with Gasteiger partial charge in [-0.25, -0.2) is 0 Å². The number of ether oxygens (including phenoxy) is 1. The molecule has 1 heterocycles. The lowest BCUT2D eigenvalue weighted by Gasteiger charge is -2.05. The number of nitrogens with one attached hydrogen (secondary N) is 1. The van der Waals surface area contributed by atoms with Crippen LogP contribution >= 0.6 is 0 Å². The number of aromatic nitrogens is 2. The number of aryl methyl sites for hydroxylation is 2. The van der Waals surface area contributed by atoms with Crippen molar-refractivity contribution in [3.8, 4) is 0 Å². The zero-order valence-electron chi connectivity index (χ0n) is 14.8. The fourth-order valence-corrected chi connectivity index (χ4v) is 2.47. The minimum Gasteiger partial charge on any atom is -0.383 e. The van der Waals surface area contributed by atoms with Crippen LogP contribution in [0.5, 0.6) is 0 Å². The van der Waals surface area contributed by atoms with Crippen molar-refractivity contribution in [2.75, 3.05) is 20.3 Å². The van der Waals surface area contributed by atoms with Crippen molar-refractivity contribution in [1.29, 1.82) is 0 Å². The maximum atomic E-state index is 11.8. The Balaban J connectivity index is 2.08. The fraction of sp³-hybridized carbons (Fsp3) is 0.368. The highest BCUT2D eigenvalue weighted by Crippen LogP contribution is 2.16. The first-order valence-electron chi connectivity index (χ1n) is 8.05. The number of rotatable bonds is 7. The highest BCUT2D eigenvalue weighted by atomic mass is 16.5. The van der Waals surface area contributed by atoms with Crippen molar-refractivity contribution in [3.05, 3.63) is 58.4 Å². The highest BCUT2D eigenvalue weighted by Gasteiger charge is 2.10. The number of hydrogen-bond acceptors (Lipinski definition) is 3. The standard InChI is InChI=1S/C19H25N3O2/c1-14-5-7-17(8-6-14)13-22-16(3)18(15(2)21-22)9-10-19(23)20-11-12-24-4/h5-10H,11-13H2,1-4H3,(H,20,23)/b10-9+. The molecular weight excluding hydrogens is 302 g/mol. The Labute approximate surface area is 143 Å². The zero-order chi connectivity index (χ0) is 17.5. The van der Waals surface area contributed by atoms with Crippen molar-refractivity contribution in [2.24, 2.45) is 0 Å². The second-order valence-electron chi connectivity index (χ2n) is 5.84. The molecule has 0 aliphatic carbocycles. The Hall–Kier alpha value is -2.40. The maximum Gasteiger partial charge on any atom is 0.244 e. The quantitative estimate of drug-likeness (QED) is 0.628. The largest absolute Gasteiger partial charge is 0.383 e. The predicted octanol–water partition coefficient (Wildman–Crippen LogP) is 2.63. The number of carbonyl (C=O) groups excluding carboxylic acids is 1. The van der Waals surface area contributed by atoms with Gasteiger partial charge in [0.05, 0.1) is 18.8 Å². The number of amides is 1. The Bertz CT molecular complexity index is 715. The van der Waals surface area contributed by atoms with Gasteiger partial charge in [-0.1, -0.05) is 29.8 Å². The first kappa shape index (κ1) is 17.9. The Morgan fingerprint density at radius 2 is 1.96 bits per heavy atom. The average Bonchev–Trinajstić information content (AvgIpc) is 2.82. The van der Waals surface area contributed by atoms with Gasteiger partial charge in [0.25, 0.3) is 0 Å². The topological polar surface area (TPSA) is 56.1 Å². The van der Waals surface area contributed by atoms with Crippen molar-refractivity contribution in [2.45, 2.75) is 27.3 Å². The highest BCUT2D eigenvalue weighted by molar-refractivity contribution is 5.91. The van der Waals surface area contributed by atoms with Crippen LogP contribution in [-0.2, 0) is 16.1 Å². The Morgan fingerprint density at radius 3 is 2.62 bits per heavy atom. The monoisotopic (exact) mass is 327 g/mol. The molecule has 0 atom stereocenters.